The van der Waals surface area contributed by atoms with Crippen LogP contribution in [0.2, 0.25) is 0 Å². The van der Waals surface area contributed by atoms with Gasteiger partial charge in [-0.1, -0.05) is 75.2 Å². The molecule has 0 bridgehead atoms. The highest BCUT2D eigenvalue weighted by atomic mass is 19.4. The zero-order chi connectivity index (χ0) is 39.5. The smallest absolute Gasteiger partial charge is 0.378 e. The van der Waals surface area contributed by atoms with E-state index in [4.69, 9.17) is 15.2 Å². The molecule has 2 fully saturated rings. The number of hydrogen-bond donors (Lipinski definition) is 2. The second-order valence-corrected chi connectivity index (χ2v) is 12.9. The maximum atomic E-state index is 12.8. The Kier molecular flexibility index (Phi) is 18.4. The number of nitrogens with zero attached hydrogens (tertiary/aromatic N) is 4. The van der Waals surface area contributed by atoms with E-state index in [1.807, 2.05) is 28.9 Å². The normalized spacial score (nSPS) is 14.4. The molecule has 0 unspecified atom stereocenters. The van der Waals surface area contributed by atoms with Gasteiger partial charge in [0.15, 0.2) is 11.6 Å². The molecule has 13 nitrogen and oxygen atoms in total. The number of hydrogen-bond acceptors (Lipinski definition) is 8. The second kappa shape index (κ2) is 22.6. The second-order valence-electron chi connectivity index (χ2n) is 12.9. The maximum Gasteiger partial charge on any atom is 0.471 e. The van der Waals surface area contributed by atoms with Crippen molar-refractivity contribution in [2.75, 3.05) is 78.8 Å². The van der Waals surface area contributed by atoms with Crippen LogP contribution in [-0.2, 0) is 27.4 Å². The molecule has 2 aromatic rings. The zero-order valence-corrected chi connectivity index (χ0v) is 31.2. The van der Waals surface area contributed by atoms with Gasteiger partial charge in [-0.25, -0.2) is 9.59 Å². The number of amides is 5. The van der Waals surface area contributed by atoms with E-state index in [1.54, 1.807) is 39.4 Å². The van der Waals surface area contributed by atoms with E-state index in [1.165, 1.54) is 12.1 Å². The molecular weight excluding hydrogens is 709 g/mol. The molecule has 0 saturated carbocycles. The molecule has 0 aromatic heterocycles. The van der Waals surface area contributed by atoms with Crippen LogP contribution in [0.1, 0.15) is 71.4 Å². The molecule has 2 aliphatic rings. The Morgan fingerprint density at radius 3 is 1.43 bits per heavy atom. The van der Waals surface area contributed by atoms with E-state index in [0.29, 0.717) is 77.8 Å². The van der Waals surface area contributed by atoms with Gasteiger partial charge in [-0.05, 0) is 24.0 Å². The predicted molar refractivity (Wildman–Crippen MR) is 196 cm³/mol. The van der Waals surface area contributed by atoms with Crippen molar-refractivity contribution in [3.05, 3.63) is 70.8 Å². The van der Waals surface area contributed by atoms with Gasteiger partial charge in [-0.15, -0.1) is 0 Å². The van der Waals surface area contributed by atoms with Gasteiger partial charge in [0.2, 0.25) is 0 Å². The molecule has 54 heavy (non-hydrogen) atoms. The van der Waals surface area contributed by atoms with Crippen molar-refractivity contribution < 1.29 is 46.6 Å². The Morgan fingerprint density at radius 1 is 0.685 bits per heavy atom. The lowest BCUT2D eigenvalue weighted by Crippen LogP contribution is -2.48. The monoisotopic (exact) mass is 762 g/mol. The van der Waals surface area contributed by atoms with Gasteiger partial charge in [-0.3, -0.25) is 14.4 Å². The average molecular weight is 763 g/mol. The number of unbranched alkanes of at least 4 members (excludes halogenated alkanes) is 2. The molecule has 2 heterocycles. The molecule has 0 aliphatic carbocycles. The standard InChI is InChI=1S/C20H26F3N3O4.C18H27N3O3/c1-2-3-8-26(19(29)25-9-11-30-12-10-25)14-15-4-6-16(7-5-15)17(27)13-24-18(28)20(21,22)23;1-2-3-8-21(18(23)20-9-11-24-12-10-20)14-15-4-6-16(7-5-15)17(22)13-19/h4-7H,2-3,8-14H2,1H3,(H,24,28);4-7H,2-3,8-14,19H2,1H3. The van der Waals surface area contributed by atoms with E-state index in [9.17, 15) is 37.1 Å². The quantitative estimate of drug-likeness (QED) is 0.252. The minimum atomic E-state index is -5.03. The molecule has 2 aliphatic heterocycles. The summed E-state index contributed by atoms with van der Waals surface area (Å²) in [6.07, 6.45) is -1.23. The van der Waals surface area contributed by atoms with Crippen molar-refractivity contribution in [1.29, 1.82) is 0 Å². The van der Waals surface area contributed by atoms with Crippen molar-refractivity contribution in [1.82, 2.24) is 24.9 Å². The number of carbonyl (C=O) groups is 5. The predicted octanol–water partition coefficient (Wildman–Crippen LogP) is 4.48. The SMILES string of the molecule is CCCCN(Cc1ccc(C(=O)CN)cc1)C(=O)N1CCOCC1.CCCCN(Cc1ccc(C(=O)CNC(=O)C(F)(F)F)cc1)C(=O)N1CCOCC1. The fourth-order valence-electron chi connectivity index (χ4n) is 5.61. The molecule has 2 saturated heterocycles. The first-order chi connectivity index (χ1) is 25.9. The lowest BCUT2D eigenvalue weighted by molar-refractivity contribution is -0.173. The number of carbonyl (C=O) groups excluding carboxylic acids is 5. The Balaban J connectivity index is 0.000000297. The number of nitrogens with one attached hydrogen (secondary N) is 1. The molecule has 0 radical (unpaired) electrons. The molecule has 5 amide bonds. The summed E-state index contributed by atoms with van der Waals surface area (Å²) in [4.78, 5) is 67.2. The Morgan fingerprint density at radius 2 is 1.07 bits per heavy atom. The molecule has 0 atom stereocenters. The number of morpholine rings is 2. The summed E-state index contributed by atoms with van der Waals surface area (Å²) in [6.45, 7) is 10.2. The van der Waals surface area contributed by atoms with Crippen molar-refractivity contribution in [2.45, 2.75) is 58.8 Å². The van der Waals surface area contributed by atoms with Crippen LogP contribution in [0.25, 0.3) is 0 Å². The number of Topliss-reactive ketones (excluding diaryl/α,β-unsaturated/α-hetero) is 2. The third kappa shape index (κ3) is 14.4. The summed E-state index contributed by atoms with van der Waals surface area (Å²) in [6, 6.07) is 13.6. The number of nitrogens with two attached hydrogens (primary N) is 1. The summed E-state index contributed by atoms with van der Waals surface area (Å²) in [5.74, 6) is -2.86. The molecule has 2 aromatic carbocycles. The summed E-state index contributed by atoms with van der Waals surface area (Å²) in [5, 5.41) is 1.56. The van der Waals surface area contributed by atoms with E-state index >= 15 is 0 Å². The maximum absolute atomic E-state index is 12.8. The summed E-state index contributed by atoms with van der Waals surface area (Å²) in [7, 11) is 0. The van der Waals surface area contributed by atoms with Crippen LogP contribution in [0.3, 0.4) is 0 Å². The van der Waals surface area contributed by atoms with Crippen molar-refractivity contribution in [3.63, 3.8) is 0 Å². The number of alkyl halides is 3. The highest BCUT2D eigenvalue weighted by Gasteiger charge is 2.38. The molecule has 16 heteroatoms. The minimum Gasteiger partial charge on any atom is -0.378 e. The van der Waals surface area contributed by atoms with Crippen LogP contribution in [0.4, 0.5) is 22.8 Å². The Bertz CT molecular complexity index is 1500. The number of ether oxygens (including phenoxy) is 2. The zero-order valence-electron chi connectivity index (χ0n) is 31.2. The van der Waals surface area contributed by atoms with Crippen LogP contribution >= 0.6 is 0 Å². The van der Waals surface area contributed by atoms with Gasteiger partial charge in [0.05, 0.1) is 39.5 Å². The first kappa shape index (κ1) is 43.9. The lowest BCUT2D eigenvalue weighted by atomic mass is 10.1. The van der Waals surface area contributed by atoms with Gasteiger partial charge in [0.1, 0.15) is 0 Å². The summed E-state index contributed by atoms with van der Waals surface area (Å²) < 4.78 is 47.2. The molecule has 298 valence electrons. The van der Waals surface area contributed by atoms with Crippen LogP contribution in [0.15, 0.2) is 48.5 Å². The highest BCUT2D eigenvalue weighted by Crippen LogP contribution is 2.16. The average Bonchev–Trinajstić information content (AvgIpc) is 3.20. The van der Waals surface area contributed by atoms with Gasteiger partial charge in [-0.2, -0.15) is 13.2 Å². The Labute approximate surface area is 314 Å². The van der Waals surface area contributed by atoms with Crippen molar-refractivity contribution >= 4 is 29.5 Å². The number of benzene rings is 2. The number of ketones is 2. The molecule has 3 N–H and O–H groups in total. The van der Waals surface area contributed by atoms with Gasteiger partial charge >= 0.3 is 24.1 Å². The summed E-state index contributed by atoms with van der Waals surface area (Å²) in [5.41, 5.74) is 7.99. The van der Waals surface area contributed by atoms with Gasteiger partial charge < -0.3 is 40.1 Å². The first-order valence-electron chi connectivity index (χ1n) is 18.4. The van der Waals surface area contributed by atoms with Crippen LogP contribution < -0.4 is 11.1 Å². The minimum absolute atomic E-state index is 0.0114. The van der Waals surface area contributed by atoms with Gasteiger partial charge in [0.25, 0.3) is 0 Å². The van der Waals surface area contributed by atoms with E-state index in [-0.39, 0.29) is 30.0 Å². The lowest BCUT2D eigenvalue weighted by Gasteiger charge is -2.33. The number of halogens is 3. The molecule has 0 spiro atoms. The largest absolute Gasteiger partial charge is 0.471 e. The van der Waals surface area contributed by atoms with Crippen LogP contribution in [-0.4, -0.2) is 134 Å². The van der Waals surface area contributed by atoms with Crippen LogP contribution in [0, 0.1) is 0 Å². The third-order valence-corrected chi connectivity index (χ3v) is 8.82. The molecular formula is C38H53F3N6O7. The van der Waals surface area contributed by atoms with Gasteiger partial charge in [0, 0.05) is 63.5 Å². The van der Waals surface area contributed by atoms with E-state index < -0.39 is 24.4 Å². The van der Waals surface area contributed by atoms with Crippen molar-refractivity contribution in [3.8, 4) is 0 Å². The van der Waals surface area contributed by atoms with Crippen molar-refractivity contribution in [2.24, 2.45) is 5.73 Å². The topological polar surface area (TPSA) is 155 Å². The Hall–Kier alpha value is -4.54. The third-order valence-electron chi connectivity index (χ3n) is 8.82. The highest BCUT2D eigenvalue weighted by molar-refractivity contribution is 6.00. The fraction of sp³-hybridized carbons (Fsp3) is 0.553. The van der Waals surface area contributed by atoms with Crippen LogP contribution in [0.5, 0.6) is 0 Å². The number of rotatable bonds is 15. The molecule has 4 rings (SSSR count). The summed E-state index contributed by atoms with van der Waals surface area (Å²) >= 11 is 0. The van der Waals surface area contributed by atoms with E-state index in [0.717, 1.165) is 43.4 Å². The fourth-order valence-corrected chi connectivity index (χ4v) is 5.61. The number of urea groups is 2. The first-order valence-corrected chi connectivity index (χ1v) is 18.4. The van der Waals surface area contributed by atoms with E-state index in [2.05, 4.69) is 6.92 Å².